The number of aromatic nitrogens is 1. The summed E-state index contributed by atoms with van der Waals surface area (Å²) in [6.45, 7) is 6.51. The first-order chi connectivity index (χ1) is 9.38. The van der Waals surface area contributed by atoms with Crippen molar-refractivity contribution in [1.82, 2.24) is 4.57 Å². The van der Waals surface area contributed by atoms with Crippen LogP contribution in [0, 0.1) is 0 Å². The van der Waals surface area contributed by atoms with E-state index >= 15 is 0 Å². The third-order valence-corrected chi connectivity index (χ3v) is 3.48. The zero-order valence-electron chi connectivity index (χ0n) is 12.6. The molecule has 2 rings (SSSR count). The van der Waals surface area contributed by atoms with Crippen molar-refractivity contribution in [2.75, 3.05) is 13.7 Å². The summed E-state index contributed by atoms with van der Waals surface area (Å²) in [6, 6.07) is 8.04. The van der Waals surface area contributed by atoms with Crippen LogP contribution in [0.3, 0.4) is 0 Å². The first-order valence-electron chi connectivity index (χ1n) is 6.84. The summed E-state index contributed by atoms with van der Waals surface area (Å²) < 4.78 is 7.50. The van der Waals surface area contributed by atoms with E-state index in [0.29, 0.717) is 6.54 Å². The summed E-state index contributed by atoms with van der Waals surface area (Å²) in [4.78, 5) is 0. The second-order valence-corrected chi connectivity index (χ2v) is 6.12. The molecule has 0 amide bonds. The molecule has 0 saturated heterocycles. The van der Waals surface area contributed by atoms with Gasteiger partial charge in [0.1, 0.15) is 5.75 Å². The molecular formula is C16H23NO3. The Kier molecular flexibility index (Phi) is 4.06. The summed E-state index contributed by atoms with van der Waals surface area (Å²) in [6.07, 6.45) is -0.781. The van der Waals surface area contributed by atoms with Gasteiger partial charge in [0, 0.05) is 16.5 Å². The lowest BCUT2D eigenvalue weighted by Gasteiger charge is -2.23. The average molecular weight is 277 g/mol. The van der Waals surface area contributed by atoms with Crippen molar-refractivity contribution < 1.29 is 14.9 Å². The van der Waals surface area contributed by atoms with Crippen molar-refractivity contribution in [2.45, 2.75) is 38.8 Å². The fourth-order valence-corrected chi connectivity index (χ4v) is 2.53. The predicted octanol–water partition coefficient (Wildman–Crippen LogP) is 2.30. The minimum absolute atomic E-state index is 0.0563. The molecule has 4 nitrogen and oxygen atoms in total. The van der Waals surface area contributed by atoms with Gasteiger partial charge in [-0.1, -0.05) is 32.9 Å². The molecule has 110 valence electrons. The summed E-state index contributed by atoms with van der Waals surface area (Å²) in [5.74, 6) is 0.781. The van der Waals surface area contributed by atoms with E-state index in [0.717, 1.165) is 22.3 Å². The largest absolute Gasteiger partial charge is 0.495 e. The highest BCUT2D eigenvalue weighted by atomic mass is 16.5. The lowest BCUT2D eigenvalue weighted by Crippen LogP contribution is -2.25. The van der Waals surface area contributed by atoms with E-state index in [1.54, 1.807) is 7.11 Å². The van der Waals surface area contributed by atoms with Crippen LogP contribution < -0.4 is 4.74 Å². The van der Waals surface area contributed by atoms with E-state index in [1.165, 1.54) is 0 Å². The maximum absolute atomic E-state index is 9.83. The van der Waals surface area contributed by atoms with Gasteiger partial charge in [-0.15, -0.1) is 0 Å². The number of aliphatic hydroxyl groups is 2. The molecule has 4 heteroatoms. The molecular weight excluding hydrogens is 254 g/mol. The zero-order chi connectivity index (χ0) is 14.9. The summed E-state index contributed by atoms with van der Waals surface area (Å²) in [5, 5.41) is 20.0. The number of para-hydroxylation sites is 1. The lowest BCUT2D eigenvalue weighted by atomic mass is 9.92. The second-order valence-electron chi connectivity index (χ2n) is 6.12. The SMILES string of the molecule is COc1cccc2cc(C(C)(C)C)n(CC(O)CO)c12. The van der Waals surface area contributed by atoms with E-state index in [-0.39, 0.29) is 12.0 Å². The Bertz CT molecular complexity index is 596. The van der Waals surface area contributed by atoms with Crippen LogP contribution in [0.1, 0.15) is 26.5 Å². The number of nitrogens with zero attached hydrogens (tertiary/aromatic N) is 1. The van der Waals surface area contributed by atoms with Gasteiger partial charge in [0.2, 0.25) is 0 Å². The molecule has 0 spiro atoms. The van der Waals surface area contributed by atoms with Crippen molar-refractivity contribution in [1.29, 1.82) is 0 Å². The van der Waals surface area contributed by atoms with Crippen LogP contribution in [0.2, 0.25) is 0 Å². The Hall–Kier alpha value is -1.52. The van der Waals surface area contributed by atoms with Gasteiger partial charge < -0.3 is 19.5 Å². The van der Waals surface area contributed by atoms with E-state index in [9.17, 15) is 5.11 Å². The number of rotatable bonds is 4. The molecule has 0 radical (unpaired) electrons. The molecule has 1 heterocycles. The van der Waals surface area contributed by atoms with Gasteiger partial charge in [-0.2, -0.15) is 0 Å². The Balaban J connectivity index is 2.70. The van der Waals surface area contributed by atoms with Crippen LogP contribution in [0.15, 0.2) is 24.3 Å². The molecule has 2 aromatic rings. The van der Waals surface area contributed by atoms with Gasteiger partial charge in [0.05, 0.1) is 31.9 Å². The highest BCUT2D eigenvalue weighted by molar-refractivity contribution is 5.87. The van der Waals surface area contributed by atoms with Gasteiger partial charge in [0.25, 0.3) is 0 Å². The first kappa shape index (κ1) is 14.9. The molecule has 0 aliphatic heterocycles. The van der Waals surface area contributed by atoms with Gasteiger partial charge >= 0.3 is 0 Å². The Morgan fingerprint density at radius 2 is 2.00 bits per heavy atom. The van der Waals surface area contributed by atoms with Crippen LogP contribution in [0.5, 0.6) is 5.75 Å². The summed E-state index contributed by atoms with van der Waals surface area (Å²) in [5.41, 5.74) is 2.02. The number of aliphatic hydroxyl groups excluding tert-OH is 2. The summed E-state index contributed by atoms with van der Waals surface area (Å²) >= 11 is 0. The van der Waals surface area contributed by atoms with Crippen molar-refractivity contribution in [3.63, 3.8) is 0 Å². The maximum Gasteiger partial charge on any atom is 0.143 e. The lowest BCUT2D eigenvalue weighted by molar-refractivity contribution is 0.0809. The molecule has 0 bridgehead atoms. The average Bonchev–Trinajstić information content (AvgIpc) is 2.77. The van der Waals surface area contributed by atoms with Gasteiger partial charge in [0.15, 0.2) is 0 Å². The fraction of sp³-hybridized carbons (Fsp3) is 0.500. The van der Waals surface area contributed by atoms with Gasteiger partial charge in [-0.25, -0.2) is 0 Å². The van der Waals surface area contributed by atoms with Crippen LogP contribution in [0.4, 0.5) is 0 Å². The zero-order valence-corrected chi connectivity index (χ0v) is 12.6. The van der Waals surface area contributed by atoms with Crippen molar-refractivity contribution in [3.05, 3.63) is 30.0 Å². The number of hydrogen-bond acceptors (Lipinski definition) is 3. The minimum Gasteiger partial charge on any atom is -0.495 e. The number of methoxy groups -OCH3 is 1. The quantitative estimate of drug-likeness (QED) is 0.901. The molecule has 1 aromatic heterocycles. The van der Waals surface area contributed by atoms with E-state index in [2.05, 4.69) is 31.4 Å². The number of hydrogen-bond donors (Lipinski definition) is 2. The predicted molar refractivity (Wildman–Crippen MR) is 80.3 cm³/mol. The normalized spacial score (nSPS) is 13.7. The third-order valence-electron chi connectivity index (χ3n) is 3.48. The second kappa shape index (κ2) is 5.46. The Labute approximate surface area is 119 Å². The molecule has 2 N–H and O–H groups in total. The van der Waals surface area contributed by atoms with Crippen LogP contribution in [0.25, 0.3) is 10.9 Å². The molecule has 1 aromatic carbocycles. The molecule has 1 unspecified atom stereocenters. The van der Waals surface area contributed by atoms with Gasteiger partial charge in [-0.3, -0.25) is 0 Å². The van der Waals surface area contributed by atoms with Crippen molar-refractivity contribution in [3.8, 4) is 5.75 Å². The van der Waals surface area contributed by atoms with Gasteiger partial charge in [-0.05, 0) is 12.1 Å². The van der Waals surface area contributed by atoms with E-state index in [4.69, 9.17) is 9.84 Å². The monoisotopic (exact) mass is 277 g/mol. The first-order valence-corrected chi connectivity index (χ1v) is 6.84. The smallest absolute Gasteiger partial charge is 0.143 e. The van der Waals surface area contributed by atoms with Crippen LogP contribution in [-0.4, -0.2) is 34.6 Å². The number of ether oxygens (including phenoxy) is 1. The summed E-state index contributed by atoms with van der Waals surface area (Å²) in [7, 11) is 1.64. The molecule has 0 fully saturated rings. The third kappa shape index (κ3) is 2.67. The minimum atomic E-state index is -0.781. The Morgan fingerprint density at radius 1 is 1.30 bits per heavy atom. The van der Waals surface area contributed by atoms with E-state index < -0.39 is 6.10 Å². The van der Waals surface area contributed by atoms with Crippen molar-refractivity contribution in [2.24, 2.45) is 0 Å². The standard InChI is InChI=1S/C16H23NO3/c1-16(2,3)14-8-11-6-5-7-13(20-4)15(11)17(14)9-12(19)10-18/h5-8,12,18-19H,9-10H2,1-4H3. The molecule has 1 atom stereocenters. The van der Waals surface area contributed by atoms with E-state index in [1.807, 2.05) is 18.2 Å². The molecule has 0 saturated carbocycles. The van der Waals surface area contributed by atoms with Crippen LogP contribution in [-0.2, 0) is 12.0 Å². The fourth-order valence-electron chi connectivity index (χ4n) is 2.53. The number of benzene rings is 1. The highest BCUT2D eigenvalue weighted by Gasteiger charge is 2.23. The molecule has 20 heavy (non-hydrogen) atoms. The maximum atomic E-state index is 9.83. The van der Waals surface area contributed by atoms with Crippen molar-refractivity contribution >= 4 is 10.9 Å². The Morgan fingerprint density at radius 3 is 2.55 bits per heavy atom. The molecule has 0 aliphatic carbocycles. The number of fused-ring (bicyclic) bond motifs is 1. The topological polar surface area (TPSA) is 54.6 Å². The highest BCUT2D eigenvalue weighted by Crippen LogP contribution is 2.34. The van der Waals surface area contributed by atoms with Crippen LogP contribution >= 0.6 is 0 Å². The molecule has 0 aliphatic rings.